The van der Waals surface area contributed by atoms with Gasteiger partial charge in [-0.1, -0.05) is 49.7 Å². The number of halogens is 2. The highest BCUT2D eigenvalue weighted by atomic mass is 79.9. The predicted octanol–water partition coefficient (Wildman–Crippen LogP) is 5.38. The molecule has 0 saturated carbocycles. The number of nitrogens with one attached hydrogen (secondary N) is 1. The first-order valence-electron chi connectivity index (χ1n) is 10.5. The van der Waals surface area contributed by atoms with Gasteiger partial charge in [0, 0.05) is 17.6 Å². The number of ether oxygens (including phenoxy) is 1. The molecule has 1 N–H and O–H groups in total. The van der Waals surface area contributed by atoms with Crippen molar-refractivity contribution >= 4 is 39.3 Å². The van der Waals surface area contributed by atoms with E-state index in [1.165, 1.54) is 10.5 Å². The van der Waals surface area contributed by atoms with Crippen LogP contribution in [0.15, 0.2) is 46.9 Å². The minimum atomic E-state index is -0.674. The summed E-state index contributed by atoms with van der Waals surface area (Å²) in [7, 11) is 0. The molecule has 0 radical (unpaired) electrons. The highest BCUT2D eigenvalue weighted by Crippen LogP contribution is 2.26. The van der Waals surface area contributed by atoms with Crippen LogP contribution in [-0.2, 0) is 22.6 Å². The first-order valence-corrected chi connectivity index (χ1v) is 11.7. The lowest BCUT2D eigenvalue weighted by Gasteiger charge is -2.30. The molecular weight excluding hydrogens is 480 g/mol. The molecule has 0 aliphatic carbocycles. The van der Waals surface area contributed by atoms with E-state index in [0.717, 1.165) is 22.9 Å². The average molecular weight is 510 g/mol. The molecule has 2 atom stereocenters. The summed E-state index contributed by atoms with van der Waals surface area (Å²) in [6.45, 7) is 7.76. The third kappa shape index (κ3) is 7.25. The molecule has 0 aromatic heterocycles. The molecule has 31 heavy (non-hydrogen) atoms. The number of nitrogens with zero attached hydrogens (tertiary/aromatic N) is 1. The summed E-state index contributed by atoms with van der Waals surface area (Å²) in [5.41, 5.74) is 1.94. The second kappa shape index (κ2) is 12.1. The van der Waals surface area contributed by atoms with Gasteiger partial charge in [0.05, 0.1) is 4.47 Å². The van der Waals surface area contributed by atoms with Crippen molar-refractivity contribution in [1.82, 2.24) is 10.2 Å². The van der Waals surface area contributed by atoms with Crippen molar-refractivity contribution in [3.05, 3.63) is 63.1 Å². The Morgan fingerprint density at radius 3 is 2.48 bits per heavy atom. The minimum absolute atomic E-state index is 0.0245. The van der Waals surface area contributed by atoms with Crippen LogP contribution in [0.4, 0.5) is 0 Å². The van der Waals surface area contributed by atoms with Crippen LogP contribution in [0.2, 0.25) is 5.02 Å². The van der Waals surface area contributed by atoms with E-state index < -0.39 is 6.04 Å². The molecule has 0 fully saturated rings. The quantitative estimate of drug-likeness (QED) is 0.468. The SMILES string of the molecule is CCc1ccc(OCC(=O)N(Cc2ccccc2Cl)[C@H](C)C(=O)N[C@H](C)CC)c(Br)c1. The molecule has 0 bridgehead atoms. The van der Waals surface area contributed by atoms with Crippen LogP contribution in [0.1, 0.15) is 45.2 Å². The van der Waals surface area contributed by atoms with Gasteiger partial charge >= 0.3 is 0 Å². The monoisotopic (exact) mass is 508 g/mol. The van der Waals surface area contributed by atoms with Gasteiger partial charge < -0.3 is 15.0 Å². The van der Waals surface area contributed by atoms with E-state index in [-0.39, 0.29) is 31.0 Å². The Bertz CT molecular complexity index is 906. The predicted molar refractivity (Wildman–Crippen MR) is 128 cm³/mol. The number of carbonyl (C=O) groups excluding carboxylic acids is 2. The van der Waals surface area contributed by atoms with Crippen molar-refractivity contribution in [3.8, 4) is 5.75 Å². The zero-order valence-electron chi connectivity index (χ0n) is 18.5. The second-order valence-electron chi connectivity index (χ2n) is 7.51. The van der Waals surface area contributed by atoms with Crippen LogP contribution < -0.4 is 10.1 Å². The van der Waals surface area contributed by atoms with Gasteiger partial charge in [0.25, 0.3) is 5.91 Å². The van der Waals surface area contributed by atoms with Crippen LogP contribution in [0.5, 0.6) is 5.75 Å². The van der Waals surface area contributed by atoms with Crippen LogP contribution in [0.3, 0.4) is 0 Å². The van der Waals surface area contributed by atoms with Crippen LogP contribution >= 0.6 is 27.5 Å². The summed E-state index contributed by atoms with van der Waals surface area (Å²) in [6, 6.07) is 12.4. The summed E-state index contributed by atoms with van der Waals surface area (Å²) >= 11 is 9.80. The Hall–Kier alpha value is -2.05. The van der Waals surface area contributed by atoms with Gasteiger partial charge in [0.2, 0.25) is 5.91 Å². The number of rotatable bonds is 10. The first kappa shape index (κ1) is 25.2. The Morgan fingerprint density at radius 1 is 1.16 bits per heavy atom. The molecule has 0 aliphatic heterocycles. The molecule has 168 valence electrons. The molecule has 0 heterocycles. The maximum absolute atomic E-state index is 13.1. The summed E-state index contributed by atoms with van der Waals surface area (Å²) < 4.78 is 6.57. The third-order valence-electron chi connectivity index (χ3n) is 5.22. The van der Waals surface area contributed by atoms with Crippen molar-refractivity contribution in [2.24, 2.45) is 0 Å². The molecule has 0 aliphatic rings. The Balaban J connectivity index is 2.19. The number of hydrogen-bond acceptors (Lipinski definition) is 3. The van der Waals surface area contributed by atoms with E-state index in [1.54, 1.807) is 13.0 Å². The number of aryl methyl sites for hydroxylation is 1. The molecule has 5 nitrogen and oxygen atoms in total. The van der Waals surface area contributed by atoms with Gasteiger partial charge in [0.15, 0.2) is 6.61 Å². The number of carbonyl (C=O) groups is 2. The van der Waals surface area contributed by atoms with E-state index in [0.29, 0.717) is 10.8 Å². The molecule has 2 amide bonds. The molecule has 7 heteroatoms. The van der Waals surface area contributed by atoms with Crippen LogP contribution in [0.25, 0.3) is 0 Å². The topological polar surface area (TPSA) is 58.6 Å². The largest absolute Gasteiger partial charge is 0.483 e. The molecule has 2 rings (SSSR count). The fraction of sp³-hybridized carbons (Fsp3) is 0.417. The lowest BCUT2D eigenvalue weighted by atomic mass is 10.1. The molecule has 2 aromatic carbocycles. The maximum Gasteiger partial charge on any atom is 0.261 e. The Morgan fingerprint density at radius 2 is 1.87 bits per heavy atom. The number of hydrogen-bond donors (Lipinski definition) is 1. The number of benzene rings is 2. The zero-order chi connectivity index (χ0) is 23.0. The van der Waals surface area contributed by atoms with Crippen molar-refractivity contribution in [3.63, 3.8) is 0 Å². The fourth-order valence-corrected chi connectivity index (χ4v) is 3.70. The van der Waals surface area contributed by atoms with Crippen molar-refractivity contribution in [1.29, 1.82) is 0 Å². The normalized spacial score (nSPS) is 12.7. The van der Waals surface area contributed by atoms with Gasteiger partial charge in [-0.25, -0.2) is 0 Å². The summed E-state index contributed by atoms with van der Waals surface area (Å²) in [4.78, 5) is 27.4. The second-order valence-corrected chi connectivity index (χ2v) is 8.78. The standard InChI is InChI=1S/C24H30BrClN2O3/c1-5-16(3)27-24(30)17(4)28(14-19-9-7-8-10-21(19)26)23(29)15-31-22-12-11-18(6-2)13-20(22)25/h7-13,16-17H,5-6,14-15H2,1-4H3,(H,27,30)/t16-,17-/m1/s1. The Labute approximate surface area is 198 Å². The van der Waals surface area contributed by atoms with Gasteiger partial charge in [-0.05, 0) is 71.9 Å². The Kier molecular flexibility index (Phi) is 9.85. The fourth-order valence-electron chi connectivity index (χ4n) is 2.96. The third-order valence-corrected chi connectivity index (χ3v) is 6.21. The van der Waals surface area contributed by atoms with Crippen LogP contribution in [0, 0.1) is 0 Å². The van der Waals surface area contributed by atoms with Crippen molar-refractivity contribution < 1.29 is 14.3 Å². The summed E-state index contributed by atoms with van der Waals surface area (Å²) in [5, 5.41) is 3.50. The van der Waals surface area contributed by atoms with Gasteiger partial charge in [0.1, 0.15) is 11.8 Å². The zero-order valence-corrected chi connectivity index (χ0v) is 20.8. The van der Waals surface area contributed by atoms with E-state index in [4.69, 9.17) is 16.3 Å². The van der Waals surface area contributed by atoms with Crippen LogP contribution in [-0.4, -0.2) is 35.4 Å². The smallest absolute Gasteiger partial charge is 0.261 e. The molecule has 0 saturated heterocycles. The molecule has 0 spiro atoms. The van der Waals surface area contributed by atoms with Gasteiger partial charge in [-0.2, -0.15) is 0 Å². The lowest BCUT2D eigenvalue weighted by molar-refractivity contribution is -0.142. The van der Waals surface area contributed by atoms with E-state index in [1.807, 2.05) is 50.2 Å². The lowest BCUT2D eigenvalue weighted by Crippen LogP contribution is -2.50. The van der Waals surface area contributed by atoms with Crippen molar-refractivity contribution in [2.45, 2.75) is 59.2 Å². The van der Waals surface area contributed by atoms with E-state index in [9.17, 15) is 9.59 Å². The summed E-state index contributed by atoms with van der Waals surface area (Å²) in [6.07, 6.45) is 1.72. The highest BCUT2D eigenvalue weighted by Gasteiger charge is 2.27. The molecule has 0 unspecified atom stereocenters. The average Bonchev–Trinajstić information content (AvgIpc) is 2.76. The number of amides is 2. The van der Waals surface area contributed by atoms with Crippen molar-refractivity contribution in [2.75, 3.05) is 6.61 Å². The highest BCUT2D eigenvalue weighted by molar-refractivity contribution is 9.10. The molecular formula is C24H30BrClN2O3. The van der Waals surface area contributed by atoms with E-state index >= 15 is 0 Å². The van der Waals surface area contributed by atoms with E-state index in [2.05, 4.69) is 28.2 Å². The molecule has 2 aromatic rings. The summed E-state index contributed by atoms with van der Waals surface area (Å²) in [5.74, 6) is 0.0846. The first-order chi connectivity index (χ1) is 14.8. The van der Waals surface area contributed by atoms with Gasteiger partial charge in [-0.15, -0.1) is 0 Å². The van der Waals surface area contributed by atoms with Gasteiger partial charge in [-0.3, -0.25) is 9.59 Å². The minimum Gasteiger partial charge on any atom is -0.483 e. The maximum atomic E-state index is 13.1.